The number of nitrogens with one attached hydrogen (secondary N) is 1. The van der Waals surface area contributed by atoms with Gasteiger partial charge in [0.1, 0.15) is 11.3 Å². The molecule has 0 saturated heterocycles. The third kappa shape index (κ3) is 5.97. The van der Waals surface area contributed by atoms with Crippen LogP contribution in [-0.4, -0.2) is 49.2 Å². The zero-order valence-electron chi connectivity index (χ0n) is 20.1. The molecule has 4 rings (SSSR count). The number of nitrogens with zero attached hydrogens (tertiary/aromatic N) is 4. The molecule has 194 valence electrons. The topological polar surface area (TPSA) is 121 Å². The van der Waals surface area contributed by atoms with Gasteiger partial charge in [-0.25, -0.2) is 27.8 Å². The highest BCUT2D eigenvalue weighted by Gasteiger charge is 2.20. The molecule has 0 amide bonds. The van der Waals surface area contributed by atoms with Crippen molar-refractivity contribution in [2.24, 2.45) is 0 Å². The minimum Gasteiger partial charge on any atom is -0.436 e. The highest BCUT2D eigenvalue weighted by atomic mass is 32.2. The second kappa shape index (κ2) is 11.1. The molecule has 0 aliphatic heterocycles. The van der Waals surface area contributed by atoms with Crippen LogP contribution in [0.25, 0.3) is 11.0 Å². The lowest BCUT2D eigenvalue weighted by molar-refractivity contribution is 0.400. The molecule has 4 aromatic rings. The SMILES string of the molecule is CN(C)Cc1c(Cc2ccnc(NN(C)S(=O)O)c2F)c(=O)oc2cc(Oc3ncccc3F)ccc12. The van der Waals surface area contributed by atoms with E-state index in [2.05, 4.69) is 15.4 Å². The quantitative estimate of drug-likeness (QED) is 0.189. The number of aromatic nitrogens is 2. The molecule has 1 atom stereocenters. The van der Waals surface area contributed by atoms with Crippen molar-refractivity contribution < 1.29 is 26.7 Å². The number of ether oxygens (including phenoxy) is 1. The van der Waals surface area contributed by atoms with Gasteiger partial charge in [-0.2, -0.15) is 0 Å². The summed E-state index contributed by atoms with van der Waals surface area (Å²) in [6, 6.07) is 8.81. The number of hydrogen-bond acceptors (Lipinski definition) is 8. The van der Waals surface area contributed by atoms with Gasteiger partial charge in [0.15, 0.2) is 17.5 Å². The van der Waals surface area contributed by atoms with E-state index < -0.39 is 28.5 Å². The average molecular weight is 532 g/mol. The number of anilines is 1. The van der Waals surface area contributed by atoms with Crippen molar-refractivity contribution >= 4 is 28.1 Å². The van der Waals surface area contributed by atoms with Gasteiger partial charge in [0.2, 0.25) is 0 Å². The number of benzene rings is 1. The number of fused-ring (bicyclic) bond motifs is 1. The van der Waals surface area contributed by atoms with Crippen LogP contribution in [0.3, 0.4) is 0 Å². The van der Waals surface area contributed by atoms with Crippen LogP contribution in [0.15, 0.2) is 58.0 Å². The largest absolute Gasteiger partial charge is 0.436 e. The first-order valence-corrected chi connectivity index (χ1v) is 12.0. The first-order chi connectivity index (χ1) is 17.6. The van der Waals surface area contributed by atoms with Gasteiger partial charge in [0.25, 0.3) is 17.1 Å². The number of hydrogen-bond donors (Lipinski definition) is 2. The fourth-order valence-corrected chi connectivity index (χ4v) is 3.82. The van der Waals surface area contributed by atoms with Crippen LogP contribution in [0.5, 0.6) is 11.6 Å². The van der Waals surface area contributed by atoms with Gasteiger partial charge in [-0.1, -0.05) is 0 Å². The normalized spacial score (nSPS) is 12.3. The molecular weight excluding hydrogens is 508 g/mol. The molecule has 3 aromatic heterocycles. The Morgan fingerprint density at radius 1 is 1.11 bits per heavy atom. The Labute approximate surface area is 212 Å². The molecule has 1 aromatic carbocycles. The molecule has 10 nitrogen and oxygen atoms in total. The Balaban J connectivity index is 1.75. The summed E-state index contributed by atoms with van der Waals surface area (Å²) in [4.78, 5) is 22.7. The molecule has 0 radical (unpaired) electrons. The molecule has 0 aliphatic rings. The van der Waals surface area contributed by atoms with Crippen molar-refractivity contribution in [2.75, 3.05) is 26.6 Å². The van der Waals surface area contributed by atoms with Crippen LogP contribution in [-0.2, 0) is 24.2 Å². The summed E-state index contributed by atoms with van der Waals surface area (Å²) >= 11 is -2.40. The minimum absolute atomic E-state index is 0.117. The van der Waals surface area contributed by atoms with Crippen molar-refractivity contribution in [1.29, 1.82) is 0 Å². The highest BCUT2D eigenvalue weighted by Crippen LogP contribution is 2.30. The number of rotatable bonds is 9. The molecular formula is C24H23F2N5O5S. The lowest BCUT2D eigenvalue weighted by atomic mass is 9.98. The maximum Gasteiger partial charge on any atom is 0.340 e. The highest BCUT2D eigenvalue weighted by molar-refractivity contribution is 7.76. The van der Waals surface area contributed by atoms with E-state index in [1.54, 1.807) is 12.1 Å². The van der Waals surface area contributed by atoms with Crippen molar-refractivity contribution in [3.05, 3.63) is 87.5 Å². The van der Waals surface area contributed by atoms with E-state index in [4.69, 9.17) is 13.7 Å². The minimum atomic E-state index is -2.40. The smallest absolute Gasteiger partial charge is 0.340 e. The fourth-order valence-electron chi connectivity index (χ4n) is 3.66. The predicted octanol–water partition coefficient (Wildman–Crippen LogP) is 3.70. The molecule has 2 N–H and O–H groups in total. The number of halogens is 2. The zero-order valence-corrected chi connectivity index (χ0v) is 20.9. The van der Waals surface area contributed by atoms with Crippen LogP contribution in [0.1, 0.15) is 16.7 Å². The third-order valence-electron chi connectivity index (χ3n) is 5.34. The molecule has 3 heterocycles. The first-order valence-electron chi connectivity index (χ1n) is 10.9. The van der Waals surface area contributed by atoms with Crippen molar-refractivity contribution in [1.82, 2.24) is 19.3 Å². The number of hydrazine groups is 1. The van der Waals surface area contributed by atoms with E-state index in [-0.39, 0.29) is 40.6 Å². The Morgan fingerprint density at radius 3 is 2.59 bits per heavy atom. The van der Waals surface area contributed by atoms with Crippen LogP contribution < -0.4 is 15.8 Å². The van der Waals surface area contributed by atoms with Gasteiger partial charge in [0, 0.05) is 49.4 Å². The zero-order chi connectivity index (χ0) is 26.7. The summed E-state index contributed by atoms with van der Waals surface area (Å²) in [6.07, 6.45) is 2.60. The Kier molecular flexibility index (Phi) is 7.88. The molecule has 37 heavy (non-hydrogen) atoms. The molecule has 0 saturated carbocycles. The van der Waals surface area contributed by atoms with Crippen LogP contribution in [0.2, 0.25) is 0 Å². The Bertz CT molecular complexity index is 1530. The molecule has 0 aliphatic carbocycles. The van der Waals surface area contributed by atoms with Crippen LogP contribution in [0.4, 0.5) is 14.6 Å². The summed E-state index contributed by atoms with van der Waals surface area (Å²) in [6.45, 7) is 0.344. The molecule has 13 heteroatoms. The first kappa shape index (κ1) is 26.3. The third-order valence-corrected chi connectivity index (χ3v) is 5.90. The average Bonchev–Trinajstić information content (AvgIpc) is 2.84. The van der Waals surface area contributed by atoms with E-state index in [0.29, 0.717) is 17.5 Å². The van der Waals surface area contributed by atoms with E-state index in [1.165, 1.54) is 43.7 Å². The van der Waals surface area contributed by atoms with E-state index in [9.17, 15) is 13.4 Å². The second-order valence-corrected chi connectivity index (χ2v) is 9.29. The van der Waals surface area contributed by atoms with Gasteiger partial charge >= 0.3 is 5.63 Å². The maximum absolute atomic E-state index is 15.2. The van der Waals surface area contributed by atoms with E-state index in [0.717, 1.165) is 4.41 Å². The van der Waals surface area contributed by atoms with Crippen molar-refractivity contribution in [3.63, 3.8) is 0 Å². The Morgan fingerprint density at radius 2 is 1.89 bits per heavy atom. The monoisotopic (exact) mass is 531 g/mol. The van der Waals surface area contributed by atoms with Crippen molar-refractivity contribution in [3.8, 4) is 11.6 Å². The lowest BCUT2D eigenvalue weighted by Crippen LogP contribution is -2.28. The van der Waals surface area contributed by atoms with Gasteiger partial charge in [-0.05, 0) is 55.6 Å². The predicted molar refractivity (Wildman–Crippen MR) is 133 cm³/mol. The summed E-state index contributed by atoms with van der Waals surface area (Å²) in [5, 5.41) is 0.598. The molecule has 0 spiro atoms. The van der Waals surface area contributed by atoms with E-state index >= 15 is 4.39 Å². The second-order valence-electron chi connectivity index (χ2n) is 8.28. The summed E-state index contributed by atoms with van der Waals surface area (Å²) in [5.74, 6) is -1.69. The summed E-state index contributed by atoms with van der Waals surface area (Å²) in [7, 11) is 4.90. The number of pyridine rings is 2. The Hall–Kier alpha value is -3.78. The maximum atomic E-state index is 15.2. The molecule has 0 bridgehead atoms. The van der Waals surface area contributed by atoms with Crippen LogP contribution >= 0.6 is 0 Å². The summed E-state index contributed by atoms with van der Waals surface area (Å²) < 4.78 is 61.3. The van der Waals surface area contributed by atoms with Gasteiger partial charge in [-0.3, -0.25) is 9.98 Å². The molecule has 0 fully saturated rings. The standard InChI is InChI=1S/C24H23F2N5O5S/c1-30(2)13-18-16-7-6-15(35-23-19(25)5-4-9-28-23)12-20(16)36-24(32)17(18)11-14-8-10-27-22(21(14)26)29-31(3)37(33)34/h4-10,12H,11,13H2,1-3H3,(H,27,29)(H,33,34). The molecule has 1 unspecified atom stereocenters. The van der Waals surface area contributed by atoms with Gasteiger partial charge < -0.3 is 14.1 Å². The van der Waals surface area contributed by atoms with Crippen molar-refractivity contribution in [2.45, 2.75) is 13.0 Å². The lowest BCUT2D eigenvalue weighted by Gasteiger charge is -2.18. The van der Waals surface area contributed by atoms with Gasteiger partial charge in [0.05, 0.1) is 0 Å². The van der Waals surface area contributed by atoms with Gasteiger partial charge in [-0.15, -0.1) is 4.41 Å². The fraction of sp³-hybridized carbons (Fsp3) is 0.208. The summed E-state index contributed by atoms with van der Waals surface area (Å²) in [5.41, 5.74) is 2.92. The van der Waals surface area contributed by atoms with Crippen LogP contribution in [0, 0.1) is 11.6 Å². The van der Waals surface area contributed by atoms with E-state index in [1.807, 2.05) is 19.0 Å².